The Morgan fingerprint density at radius 1 is 0.475 bits per heavy atom. The van der Waals surface area contributed by atoms with Gasteiger partial charge in [0.2, 0.25) is 13.5 Å². The first-order chi connectivity index (χ1) is 19.4. The van der Waals surface area contributed by atoms with E-state index in [0.717, 1.165) is 12.8 Å². The number of rotatable bonds is 7. The third kappa shape index (κ3) is 4.50. The molecule has 4 heteroatoms. The molecule has 198 valence electrons. The van der Waals surface area contributed by atoms with Crippen LogP contribution >= 0.6 is 0 Å². The van der Waals surface area contributed by atoms with E-state index < -0.39 is 0 Å². The summed E-state index contributed by atoms with van der Waals surface area (Å²) in [5.74, 6) is 0. The van der Waals surface area contributed by atoms with E-state index in [9.17, 15) is 0 Å². The molecule has 6 rings (SSSR count). The number of hydrogen-bond donors (Lipinski definition) is 0. The van der Waals surface area contributed by atoms with Gasteiger partial charge in [-0.25, -0.2) is 0 Å². The molecule has 0 aromatic heterocycles. The quantitative estimate of drug-likeness (QED) is 0.347. The van der Waals surface area contributed by atoms with Crippen molar-refractivity contribution in [3.8, 4) is 0 Å². The topological polar surface area (TPSA) is 6.48 Å². The molecule has 0 atom stereocenters. The van der Waals surface area contributed by atoms with Crippen LogP contribution in [0.5, 0.6) is 0 Å². The van der Waals surface area contributed by atoms with Crippen molar-refractivity contribution in [2.75, 3.05) is 28.2 Å². The van der Waals surface area contributed by atoms with Crippen LogP contribution in [0.1, 0.15) is 37.8 Å². The first-order valence-corrected chi connectivity index (χ1v) is 14.5. The van der Waals surface area contributed by atoms with Crippen LogP contribution in [0.2, 0.25) is 0 Å². The molecule has 0 bridgehead atoms. The Hall–Kier alpha value is -3.59. The molecule has 0 spiro atoms. The minimum absolute atomic E-state index is 0.204. The van der Waals surface area contributed by atoms with Gasteiger partial charge in [0.05, 0.1) is 0 Å². The Kier molecular flexibility index (Phi) is 7.16. The van der Waals surface area contributed by atoms with E-state index in [1.54, 1.807) is 0 Å². The van der Waals surface area contributed by atoms with Crippen molar-refractivity contribution >= 4 is 24.6 Å². The Morgan fingerprint density at radius 3 is 1.18 bits per heavy atom. The fourth-order valence-corrected chi connectivity index (χ4v) is 7.12. The molecule has 0 fully saturated rings. The molecule has 0 aliphatic heterocycles. The van der Waals surface area contributed by atoms with Crippen LogP contribution in [-0.4, -0.2) is 51.3 Å². The molecule has 0 radical (unpaired) electrons. The third-order valence-electron chi connectivity index (χ3n) is 8.77. The summed E-state index contributed by atoms with van der Waals surface area (Å²) in [7, 11) is 9.00. The molecule has 4 aliphatic carbocycles. The van der Waals surface area contributed by atoms with E-state index in [1.165, 1.54) is 66.7 Å². The molecule has 40 heavy (non-hydrogen) atoms. The van der Waals surface area contributed by atoms with E-state index >= 15 is 0 Å². The van der Waals surface area contributed by atoms with Crippen molar-refractivity contribution < 1.29 is 0 Å². The van der Waals surface area contributed by atoms with Crippen LogP contribution in [0.3, 0.4) is 0 Å². The molecule has 2 nitrogen and oxygen atoms in total. The zero-order valence-corrected chi connectivity index (χ0v) is 24.7. The van der Waals surface area contributed by atoms with Crippen LogP contribution in [-0.2, 0) is 0 Å². The van der Waals surface area contributed by atoms with Gasteiger partial charge in [0.25, 0.3) is 0 Å². The van der Waals surface area contributed by atoms with Gasteiger partial charge in [-0.05, 0) is 99.4 Å². The van der Waals surface area contributed by atoms with Crippen molar-refractivity contribution in [3.05, 3.63) is 153 Å². The SMILES string of the molecule is CC1=C(B(B(C2=C(C)C=C3C2=CCC=C3c2ccccc2)N(C)C)N(C)C)C2=CCC=C(c3ccccc3)C2=C1. The van der Waals surface area contributed by atoms with Gasteiger partial charge in [-0.1, -0.05) is 119 Å². The molecular formula is C36H38B2N2. The second-order valence-corrected chi connectivity index (χ2v) is 11.8. The number of hydrogen-bond acceptors (Lipinski definition) is 2. The van der Waals surface area contributed by atoms with Crippen molar-refractivity contribution in [2.24, 2.45) is 0 Å². The molecular weight excluding hydrogens is 482 g/mol. The summed E-state index contributed by atoms with van der Waals surface area (Å²) in [6.45, 7) is 5.02. The van der Waals surface area contributed by atoms with Gasteiger partial charge < -0.3 is 9.62 Å². The van der Waals surface area contributed by atoms with Gasteiger partial charge in [-0.2, -0.15) is 0 Å². The maximum absolute atomic E-state index is 2.45. The Bertz CT molecular complexity index is 1470. The van der Waals surface area contributed by atoms with E-state index in [1.807, 2.05) is 0 Å². The summed E-state index contributed by atoms with van der Waals surface area (Å²) in [5, 5.41) is 0. The largest absolute Gasteiger partial charge is 0.348 e. The predicted molar refractivity (Wildman–Crippen MR) is 175 cm³/mol. The molecule has 0 heterocycles. The van der Waals surface area contributed by atoms with Crippen molar-refractivity contribution in [3.63, 3.8) is 0 Å². The molecule has 2 aromatic rings. The zero-order valence-electron chi connectivity index (χ0n) is 24.7. The average molecular weight is 520 g/mol. The van der Waals surface area contributed by atoms with Gasteiger partial charge in [-0.15, -0.1) is 0 Å². The fraction of sp³-hybridized carbons (Fsp3) is 0.222. The van der Waals surface area contributed by atoms with Gasteiger partial charge >= 0.3 is 0 Å². The monoisotopic (exact) mass is 520 g/mol. The molecule has 0 amide bonds. The molecule has 0 saturated heterocycles. The maximum Gasteiger partial charge on any atom is 0.248 e. The van der Waals surface area contributed by atoms with Crippen LogP contribution < -0.4 is 0 Å². The summed E-state index contributed by atoms with van der Waals surface area (Å²) < 4.78 is 0. The van der Waals surface area contributed by atoms with Crippen LogP contribution in [0.15, 0.2) is 142 Å². The molecule has 2 aromatic carbocycles. The number of fused-ring (bicyclic) bond motifs is 2. The molecule has 0 N–H and O–H groups in total. The lowest BCUT2D eigenvalue weighted by Crippen LogP contribution is -2.58. The summed E-state index contributed by atoms with van der Waals surface area (Å²) in [6.07, 6.45) is 16.5. The van der Waals surface area contributed by atoms with E-state index in [2.05, 4.69) is 149 Å². The first kappa shape index (κ1) is 26.6. The first-order valence-electron chi connectivity index (χ1n) is 14.5. The highest BCUT2D eigenvalue weighted by Gasteiger charge is 2.46. The minimum Gasteiger partial charge on any atom is -0.348 e. The highest BCUT2D eigenvalue weighted by atomic mass is 15.0. The minimum atomic E-state index is 0.204. The Morgan fingerprint density at radius 2 is 0.825 bits per heavy atom. The van der Waals surface area contributed by atoms with E-state index in [-0.39, 0.29) is 13.5 Å². The number of benzene rings is 2. The summed E-state index contributed by atoms with van der Waals surface area (Å²) in [6, 6.07) is 21.7. The molecule has 4 aliphatic rings. The fourth-order valence-electron chi connectivity index (χ4n) is 7.12. The average Bonchev–Trinajstić information content (AvgIpc) is 3.47. The maximum atomic E-state index is 2.45. The molecule has 0 saturated carbocycles. The van der Waals surface area contributed by atoms with Crippen molar-refractivity contribution in [1.82, 2.24) is 9.62 Å². The number of allylic oxidation sites excluding steroid dienone is 16. The van der Waals surface area contributed by atoms with Gasteiger partial charge in [0.1, 0.15) is 0 Å². The predicted octanol–water partition coefficient (Wildman–Crippen LogP) is 7.59. The molecule has 0 unspecified atom stereocenters. The second kappa shape index (κ2) is 10.8. The zero-order chi connectivity index (χ0) is 28.0. The summed E-state index contributed by atoms with van der Waals surface area (Å²) >= 11 is 0. The number of nitrogens with zero attached hydrogens (tertiary/aromatic N) is 2. The van der Waals surface area contributed by atoms with Gasteiger partial charge in [0.15, 0.2) is 0 Å². The summed E-state index contributed by atoms with van der Waals surface area (Å²) in [5.41, 5.74) is 16.6. The van der Waals surface area contributed by atoms with Crippen LogP contribution in [0, 0.1) is 0 Å². The van der Waals surface area contributed by atoms with E-state index in [4.69, 9.17) is 0 Å². The lowest BCUT2D eigenvalue weighted by molar-refractivity contribution is 0.627. The second-order valence-electron chi connectivity index (χ2n) is 11.8. The normalized spacial score (nSPS) is 18.2. The van der Waals surface area contributed by atoms with Crippen molar-refractivity contribution in [1.29, 1.82) is 0 Å². The van der Waals surface area contributed by atoms with E-state index in [0.29, 0.717) is 0 Å². The smallest absolute Gasteiger partial charge is 0.248 e. The van der Waals surface area contributed by atoms with Crippen LogP contribution in [0.25, 0.3) is 11.1 Å². The van der Waals surface area contributed by atoms with Crippen LogP contribution in [0.4, 0.5) is 0 Å². The third-order valence-corrected chi connectivity index (χ3v) is 8.77. The highest BCUT2D eigenvalue weighted by Crippen LogP contribution is 2.47. The van der Waals surface area contributed by atoms with Gasteiger partial charge in [-0.3, -0.25) is 0 Å². The Balaban J connectivity index is 1.38. The van der Waals surface area contributed by atoms with Crippen molar-refractivity contribution in [2.45, 2.75) is 26.7 Å². The lowest BCUT2D eigenvalue weighted by atomic mass is 9.13. The lowest BCUT2D eigenvalue weighted by Gasteiger charge is -2.36. The summed E-state index contributed by atoms with van der Waals surface area (Å²) in [4.78, 5) is 4.88. The highest BCUT2D eigenvalue weighted by molar-refractivity contribution is 7.26. The van der Waals surface area contributed by atoms with Gasteiger partial charge in [0, 0.05) is 0 Å². The Labute approximate surface area is 241 Å². The standard InChI is InChI=1S/C36H38B2N2/c1-25-23-33-29(27-15-9-7-10-16-27)19-13-21-31(33)35(25)37(39(3)4)38(40(5)6)36-26(2)24-34-30(20-14-22-32(34)36)28-17-11-8-12-18-28/h7-12,15-24H,13-14H2,1-6H3.